The molecule has 1 aliphatic heterocycles. The number of aromatic amines is 1. The third-order valence-electron chi connectivity index (χ3n) is 7.73. The minimum atomic E-state index is -0.0272. The minimum Gasteiger partial charge on any atom is -0.497 e. The molecule has 5 nitrogen and oxygen atoms in total. The van der Waals surface area contributed by atoms with Crippen LogP contribution in [0.5, 0.6) is 5.75 Å². The van der Waals surface area contributed by atoms with Crippen LogP contribution in [0.25, 0.3) is 11.0 Å². The van der Waals surface area contributed by atoms with E-state index in [0.29, 0.717) is 0 Å². The van der Waals surface area contributed by atoms with Gasteiger partial charge in [0.15, 0.2) is 0 Å². The number of likely N-dealkylation sites (tertiary alicyclic amines) is 1. The van der Waals surface area contributed by atoms with Gasteiger partial charge in [-0.25, -0.2) is 4.98 Å². The second-order valence-corrected chi connectivity index (χ2v) is 9.18. The van der Waals surface area contributed by atoms with Crippen LogP contribution in [0.4, 0.5) is 0 Å². The number of carbonyl (C=O) groups is 1. The molecule has 1 aromatic heterocycles. The van der Waals surface area contributed by atoms with E-state index in [9.17, 15) is 4.79 Å². The van der Waals surface area contributed by atoms with E-state index in [1.807, 2.05) is 18.2 Å². The standard InChI is InChI=1S/C24H27N3O2/c1-23(2)21-13-16-11-17(29-4)6-7-18(16)24(23,3)9-10-27(21)22(28)15-5-8-19-20(12-15)26-14-25-19/h5-8,11-12,14,21H,9-10,13H2,1-4H3,(H,25,26)/t21?,24-/m0/s1. The monoisotopic (exact) mass is 389 g/mol. The Labute approximate surface area is 171 Å². The molecule has 0 saturated carbocycles. The van der Waals surface area contributed by atoms with Gasteiger partial charge in [0.05, 0.1) is 24.5 Å². The molecule has 2 aromatic carbocycles. The zero-order chi connectivity index (χ0) is 20.4. The molecule has 0 spiro atoms. The molecule has 5 heteroatoms. The van der Waals surface area contributed by atoms with Crippen molar-refractivity contribution in [3.63, 3.8) is 0 Å². The number of hydrogen-bond acceptors (Lipinski definition) is 3. The first-order chi connectivity index (χ1) is 13.8. The largest absolute Gasteiger partial charge is 0.497 e. The molecule has 2 aliphatic rings. The second-order valence-electron chi connectivity index (χ2n) is 9.18. The topological polar surface area (TPSA) is 58.2 Å². The third-order valence-corrected chi connectivity index (χ3v) is 7.73. The van der Waals surface area contributed by atoms with Crippen LogP contribution in [-0.4, -0.2) is 40.5 Å². The molecule has 2 heterocycles. The first-order valence-corrected chi connectivity index (χ1v) is 10.3. The number of hydrogen-bond donors (Lipinski definition) is 1. The highest BCUT2D eigenvalue weighted by molar-refractivity contribution is 5.97. The van der Waals surface area contributed by atoms with Crippen molar-refractivity contribution >= 4 is 16.9 Å². The number of piperidine rings is 1. The number of imidazole rings is 1. The van der Waals surface area contributed by atoms with Crippen molar-refractivity contribution in [2.45, 2.75) is 45.1 Å². The molecule has 5 rings (SSSR count). The van der Waals surface area contributed by atoms with E-state index >= 15 is 0 Å². The quantitative estimate of drug-likeness (QED) is 0.710. The number of fused-ring (bicyclic) bond motifs is 5. The fourth-order valence-corrected chi connectivity index (χ4v) is 5.52. The summed E-state index contributed by atoms with van der Waals surface area (Å²) in [6.07, 6.45) is 3.47. The Morgan fingerprint density at radius 3 is 2.83 bits per heavy atom. The van der Waals surface area contributed by atoms with Crippen LogP contribution in [0.1, 0.15) is 48.7 Å². The van der Waals surface area contributed by atoms with E-state index in [-0.39, 0.29) is 22.8 Å². The van der Waals surface area contributed by atoms with Crippen LogP contribution in [0.15, 0.2) is 42.7 Å². The summed E-state index contributed by atoms with van der Waals surface area (Å²) in [5.41, 5.74) is 5.21. The van der Waals surface area contributed by atoms with Gasteiger partial charge in [-0.1, -0.05) is 26.8 Å². The smallest absolute Gasteiger partial charge is 0.254 e. The lowest BCUT2D eigenvalue weighted by atomic mass is 9.51. The van der Waals surface area contributed by atoms with Crippen molar-refractivity contribution in [3.8, 4) is 5.75 Å². The maximum atomic E-state index is 13.6. The second kappa shape index (κ2) is 6.09. The minimum absolute atomic E-state index is 0.0272. The Hall–Kier alpha value is -2.82. The van der Waals surface area contributed by atoms with Gasteiger partial charge in [0.2, 0.25) is 0 Å². The number of aromatic nitrogens is 2. The van der Waals surface area contributed by atoms with Crippen LogP contribution >= 0.6 is 0 Å². The van der Waals surface area contributed by atoms with Gasteiger partial charge in [-0.05, 0) is 59.7 Å². The van der Waals surface area contributed by atoms with E-state index in [4.69, 9.17) is 4.74 Å². The summed E-state index contributed by atoms with van der Waals surface area (Å²) in [7, 11) is 1.71. The van der Waals surface area contributed by atoms with E-state index in [1.54, 1.807) is 13.4 Å². The molecule has 0 radical (unpaired) electrons. The first kappa shape index (κ1) is 18.2. The first-order valence-electron chi connectivity index (χ1n) is 10.3. The van der Waals surface area contributed by atoms with Crippen molar-refractivity contribution in [2.75, 3.05) is 13.7 Å². The lowest BCUT2D eigenvalue weighted by Gasteiger charge is -2.60. The van der Waals surface area contributed by atoms with Crippen molar-refractivity contribution in [2.24, 2.45) is 5.41 Å². The maximum absolute atomic E-state index is 13.6. The van der Waals surface area contributed by atoms with Gasteiger partial charge >= 0.3 is 0 Å². The Morgan fingerprint density at radius 2 is 2.03 bits per heavy atom. The molecule has 2 atom stereocenters. The molecule has 1 unspecified atom stereocenters. The number of H-pyrrole nitrogens is 1. The van der Waals surface area contributed by atoms with Crippen LogP contribution < -0.4 is 4.74 Å². The number of ether oxygens (including phenoxy) is 1. The van der Waals surface area contributed by atoms with Crippen molar-refractivity contribution in [1.82, 2.24) is 14.9 Å². The summed E-state index contributed by atoms with van der Waals surface area (Å²) in [5, 5.41) is 0. The summed E-state index contributed by atoms with van der Waals surface area (Å²) in [5.74, 6) is 0.987. The summed E-state index contributed by atoms with van der Waals surface area (Å²) in [6.45, 7) is 7.78. The summed E-state index contributed by atoms with van der Waals surface area (Å²) >= 11 is 0. The highest BCUT2D eigenvalue weighted by Crippen LogP contribution is 2.56. The molecular formula is C24H27N3O2. The Bertz CT molecular complexity index is 1120. The molecule has 1 amide bonds. The number of benzene rings is 2. The molecule has 150 valence electrons. The molecule has 3 aromatic rings. The highest BCUT2D eigenvalue weighted by Gasteiger charge is 2.56. The van der Waals surface area contributed by atoms with E-state index in [2.05, 4.69) is 53.8 Å². The van der Waals surface area contributed by atoms with Crippen molar-refractivity contribution in [3.05, 3.63) is 59.4 Å². The van der Waals surface area contributed by atoms with Gasteiger partial charge in [-0.3, -0.25) is 4.79 Å². The maximum Gasteiger partial charge on any atom is 0.254 e. The predicted octanol–water partition coefficient (Wildman–Crippen LogP) is 4.33. The average Bonchev–Trinajstić information content (AvgIpc) is 3.17. The van der Waals surface area contributed by atoms with E-state index in [0.717, 1.165) is 41.7 Å². The SMILES string of the molecule is COc1ccc2c(c1)CC1N(C(=O)c3ccc4nc[nH]c4c3)CC[C@]2(C)C1(C)C. The average molecular weight is 389 g/mol. The Morgan fingerprint density at radius 1 is 1.21 bits per heavy atom. The molecule has 2 bridgehead atoms. The van der Waals surface area contributed by atoms with Crippen molar-refractivity contribution in [1.29, 1.82) is 0 Å². The lowest BCUT2D eigenvalue weighted by Crippen LogP contribution is -2.64. The van der Waals surface area contributed by atoms with E-state index < -0.39 is 0 Å². The normalized spacial score (nSPS) is 25.0. The van der Waals surface area contributed by atoms with Crippen LogP contribution in [-0.2, 0) is 11.8 Å². The Kier molecular flexibility index (Phi) is 3.83. The lowest BCUT2D eigenvalue weighted by molar-refractivity contribution is -0.0262. The van der Waals surface area contributed by atoms with E-state index in [1.165, 1.54) is 11.1 Å². The summed E-state index contributed by atoms with van der Waals surface area (Å²) in [4.78, 5) is 23.0. The number of carbonyl (C=O) groups excluding carboxylic acids is 1. The summed E-state index contributed by atoms with van der Waals surface area (Å²) < 4.78 is 5.47. The molecular weight excluding hydrogens is 362 g/mol. The van der Waals surface area contributed by atoms with Crippen LogP contribution in [0, 0.1) is 5.41 Å². The molecule has 1 fully saturated rings. The zero-order valence-corrected chi connectivity index (χ0v) is 17.5. The van der Waals surface area contributed by atoms with Gasteiger partial charge in [-0.15, -0.1) is 0 Å². The molecule has 1 saturated heterocycles. The van der Waals surface area contributed by atoms with Gasteiger partial charge in [0, 0.05) is 23.6 Å². The fourth-order valence-electron chi connectivity index (χ4n) is 5.52. The number of amides is 1. The number of nitrogens with zero attached hydrogens (tertiary/aromatic N) is 2. The van der Waals surface area contributed by atoms with Gasteiger partial charge in [0.25, 0.3) is 5.91 Å². The van der Waals surface area contributed by atoms with Crippen molar-refractivity contribution < 1.29 is 9.53 Å². The fraction of sp³-hybridized carbons (Fsp3) is 0.417. The van der Waals surface area contributed by atoms with Crippen LogP contribution in [0.2, 0.25) is 0 Å². The van der Waals surface area contributed by atoms with Gasteiger partial charge < -0.3 is 14.6 Å². The Balaban J connectivity index is 1.56. The predicted molar refractivity (Wildman–Crippen MR) is 113 cm³/mol. The number of methoxy groups -OCH3 is 1. The highest BCUT2D eigenvalue weighted by atomic mass is 16.5. The summed E-state index contributed by atoms with van der Waals surface area (Å²) in [6, 6.07) is 12.3. The zero-order valence-electron chi connectivity index (χ0n) is 17.5. The number of nitrogens with one attached hydrogen (secondary N) is 1. The molecule has 29 heavy (non-hydrogen) atoms. The third kappa shape index (κ3) is 2.46. The van der Waals surface area contributed by atoms with Crippen LogP contribution in [0.3, 0.4) is 0 Å². The molecule has 1 aliphatic carbocycles. The van der Waals surface area contributed by atoms with Gasteiger partial charge in [-0.2, -0.15) is 0 Å². The number of rotatable bonds is 2. The van der Waals surface area contributed by atoms with Gasteiger partial charge in [0.1, 0.15) is 5.75 Å². The molecule has 1 N–H and O–H groups in total.